The SMILES string of the molecule is CC(C)(C)C.CC(C)(C)C.CC(C)(C)C(C)(C)C.CC(C)(C)C(C)(C)C. The number of hydrogen-bond donors (Lipinski definition) is 0. The van der Waals surface area contributed by atoms with Gasteiger partial charge in [0.05, 0.1) is 0 Å². The topological polar surface area (TPSA) is 0 Å². The average Bonchev–Trinajstić information content (AvgIpc) is 2.04. The molecule has 0 saturated heterocycles. The predicted molar refractivity (Wildman–Crippen MR) is 128 cm³/mol. The van der Waals surface area contributed by atoms with E-state index in [0.29, 0.717) is 32.5 Å². The fourth-order valence-electron chi connectivity index (χ4n) is 0. The highest BCUT2D eigenvalue weighted by Gasteiger charge is 2.27. The van der Waals surface area contributed by atoms with Gasteiger partial charge in [-0.25, -0.2) is 0 Å². The minimum absolute atomic E-state index is 0.437. The predicted octanol–water partition coefficient (Wildman–Crippen LogP) is 10.3. The van der Waals surface area contributed by atoms with Gasteiger partial charge in [0, 0.05) is 0 Å². The van der Waals surface area contributed by atoms with Gasteiger partial charge in [0.15, 0.2) is 0 Å². The molecule has 0 nitrogen and oxygen atoms in total. The zero-order valence-electron chi connectivity index (χ0n) is 23.0. The van der Waals surface area contributed by atoms with E-state index in [9.17, 15) is 0 Å². The summed E-state index contributed by atoms with van der Waals surface area (Å²) in [5, 5.41) is 0. The summed E-state index contributed by atoms with van der Waals surface area (Å²) in [6.07, 6.45) is 0. The standard InChI is InChI=1S/2C8H18.2C5H12/c2*1-7(2,3)8(4,5)6;2*1-5(2,3)4/h2*1-6H3;2*1-4H3. The van der Waals surface area contributed by atoms with Crippen LogP contribution in [-0.4, -0.2) is 0 Å². The first-order chi connectivity index (χ1) is 10.5. The Morgan fingerprint density at radius 2 is 0.231 bits per heavy atom. The largest absolute Gasteiger partial charge is 0.0604 e. The molecular weight excluding hydrogens is 312 g/mol. The van der Waals surface area contributed by atoms with Crippen molar-refractivity contribution in [3.8, 4) is 0 Å². The maximum absolute atomic E-state index is 2.27. The molecule has 0 spiro atoms. The lowest BCUT2D eigenvalue weighted by atomic mass is 9.71. The molecule has 0 aromatic rings. The first kappa shape index (κ1) is 33.6. The second-order valence-electron chi connectivity index (χ2n) is 15.0. The second kappa shape index (κ2) is 11.1. The summed E-state index contributed by atoms with van der Waals surface area (Å²) in [5.41, 5.74) is 2.75. The summed E-state index contributed by atoms with van der Waals surface area (Å²) >= 11 is 0. The number of hydrogen-bond acceptors (Lipinski definition) is 0. The fraction of sp³-hybridized carbons (Fsp3) is 1.00. The lowest BCUT2D eigenvalue weighted by Crippen LogP contribution is -2.25. The molecule has 0 unspecified atom stereocenters. The van der Waals surface area contributed by atoms with Crippen LogP contribution in [0.1, 0.15) is 138 Å². The summed E-state index contributed by atoms with van der Waals surface area (Å²) in [6, 6.07) is 0. The first-order valence-electron chi connectivity index (χ1n) is 10.5. The van der Waals surface area contributed by atoms with Crippen LogP contribution in [0.3, 0.4) is 0 Å². The normalized spacial score (nSPS) is 13.4. The van der Waals surface area contributed by atoms with Gasteiger partial charge in [0.25, 0.3) is 0 Å². The van der Waals surface area contributed by atoms with E-state index in [-0.39, 0.29) is 0 Å². The van der Waals surface area contributed by atoms with Crippen LogP contribution in [0.2, 0.25) is 0 Å². The third kappa shape index (κ3) is 39.2. The Morgan fingerprint density at radius 3 is 0.231 bits per heavy atom. The molecular formula is C26H60. The van der Waals surface area contributed by atoms with E-state index < -0.39 is 0 Å². The molecule has 0 aliphatic rings. The molecule has 164 valence electrons. The molecule has 0 atom stereocenters. The van der Waals surface area contributed by atoms with Gasteiger partial charge < -0.3 is 0 Å². The van der Waals surface area contributed by atoms with Gasteiger partial charge in [0.1, 0.15) is 0 Å². The molecule has 0 heteroatoms. The summed E-state index contributed by atoms with van der Waals surface area (Å²) in [5.74, 6) is 0. The van der Waals surface area contributed by atoms with E-state index in [1.807, 2.05) is 0 Å². The van der Waals surface area contributed by atoms with E-state index in [1.165, 1.54) is 0 Å². The third-order valence-corrected chi connectivity index (χ3v) is 4.50. The van der Waals surface area contributed by atoms with Crippen molar-refractivity contribution >= 4 is 0 Å². The van der Waals surface area contributed by atoms with Gasteiger partial charge in [0.2, 0.25) is 0 Å². The van der Waals surface area contributed by atoms with E-state index in [0.717, 1.165) is 0 Å². The van der Waals surface area contributed by atoms with Crippen molar-refractivity contribution in [2.45, 2.75) is 138 Å². The molecule has 0 radical (unpaired) electrons. The molecule has 0 rings (SSSR count). The summed E-state index contributed by atoms with van der Waals surface area (Å²) in [4.78, 5) is 0. The van der Waals surface area contributed by atoms with Crippen molar-refractivity contribution < 1.29 is 0 Å². The zero-order valence-corrected chi connectivity index (χ0v) is 23.0. The van der Waals surface area contributed by atoms with Gasteiger partial charge in [-0.1, -0.05) is 138 Å². The summed E-state index contributed by atoms with van der Waals surface area (Å²) < 4.78 is 0. The van der Waals surface area contributed by atoms with Crippen molar-refractivity contribution in [3.63, 3.8) is 0 Å². The van der Waals surface area contributed by atoms with Crippen molar-refractivity contribution in [1.29, 1.82) is 0 Å². The van der Waals surface area contributed by atoms with E-state index >= 15 is 0 Å². The lowest BCUT2D eigenvalue weighted by Gasteiger charge is -2.34. The molecule has 0 amide bonds. The van der Waals surface area contributed by atoms with Crippen LogP contribution in [0.4, 0.5) is 0 Å². The molecule has 0 aliphatic carbocycles. The van der Waals surface area contributed by atoms with Crippen molar-refractivity contribution in [2.24, 2.45) is 32.5 Å². The smallest absolute Gasteiger partial charge is 0.0334 e. The van der Waals surface area contributed by atoms with Crippen LogP contribution < -0.4 is 0 Å². The molecule has 0 saturated carbocycles. The molecule has 0 N–H and O–H groups in total. The van der Waals surface area contributed by atoms with Gasteiger partial charge in [-0.05, 0) is 32.5 Å². The average molecular weight is 373 g/mol. The van der Waals surface area contributed by atoms with E-state index in [2.05, 4.69) is 138 Å². The van der Waals surface area contributed by atoms with Crippen LogP contribution in [0.25, 0.3) is 0 Å². The molecule has 26 heavy (non-hydrogen) atoms. The molecule has 0 aliphatic heterocycles. The van der Waals surface area contributed by atoms with Gasteiger partial charge >= 0.3 is 0 Å². The Bertz CT molecular complexity index is 243. The monoisotopic (exact) mass is 372 g/mol. The summed E-state index contributed by atoms with van der Waals surface area (Å²) in [7, 11) is 0. The van der Waals surface area contributed by atoms with Crippen LogP contribution in [0.15, 0.2) is 0 Å². The van der Waals surface area contributed by atoms with Crippen molar-refractivity contribution in [1.82, 2.24) is 0 Å². The minimum Gasteiger partial charge on any atom is -0.0604 e. The second-order valence-corrected chi connectivity index (χ2v) is 15.0. The zero-order chi connectivity index (χ0) is 23.0. The van der Waals surface area contributed by atoms with Crippen LogP contribution in [-0.2, 0) is 0 Å². The Labute approximate surface area is 171 Å². The Balaban J connectivity index is -0.000000127. The van der Waals surface area contributed by atoms with Crippen LogP contribution in [0, 0.1) is 32.5 Å². The highest BCUT2D eigenvalue weighted by Crippen LogP contribution is 2.37. The molecule has 0 heterocycles. The summed E-state index contributed by atoms with van der Waals surface area (Å²) in [6.45, 7) is 44.8. The fourth-order valence-corrected chi connectivity index (χ4v) is 0. The first-order valence-corrected chi connectivity index (χ1v) is 10.5. The quantitative estimate of drug-likeness (QED) is 0.396. The van der Waals surface area contributed by atoms with Gasteiger partial charge in [-0.2, -0.15) is 0 Å². The third-order valence-electron chi connectivity index (χ3n) is 4.50. The Hall–Kier alpha value is 0. The molecule has 0 aromatic carbocycles. The van der Waals surface area contributed by atoms with Gasteiger partial charge in [-0.15, -0.1) is 0 Å². The lowest BCUT2D eigenvalue weighted by molar-refractivity contribution is 0.157. The maximum atomic E-state index is 2.27. The molecule has 0 aromatic heterocycles. The molecule has 0 bridgehead atoms. The highest BCUT2D eigenvalue weighted by molar-refractivity contribution is 4.77. The van der Waals surface area contributed by atoms with E-state index in [1.54, 1.807) is 0 Å². The van der Waals surface area contributed by atoms with Crippen molar-refractivity contribution in [2.75, 3.05) is 0 Å². The van der Waals surface area contributed by atoms with Gasteiger partial charge in [-0.3, -0.25) is 0 Å². The van der Waals surface area contributed by atoms with Crippen LogP contribution >= 0.6 is 0 Å². The Kier molecular flexibility index (Phi) is 14.3. The van der Waals surface area contributed by atoms with Crippen molar-refractivity contribution in [3.05, 3.63) is 0 Å². The van der Waals surface area contributed by atoms with Crippen LogP contribution in [0.5, 0.6) is 0 Å². The minimum atomic E-state index is 0.437. The Morgan fingerprint density at radius 1 is 0.192 bits per heavy atom. The molecule has 0 fully saturated rings. The number of rotatable bonds is 0. The van der Waals surface area contributed by atoms with E-state index in [4.69, 9.17) is 0 Å². The highest BCUT2D eigenvalue weighted by atomic mass is 14.3. The maximum Gasteiger partial charge on any atom is -0.0334 e.